The van der Waals surface area contributed by atoms with Gasteiger partial charge in [-0.3, -0.25) is 4.98 Å². The van der Waals surface area contributed by atoms with Crippen molar-refractivity contribution in [2.75, 3.05) is 7.05 Å². The van der Waals surface area contributed by atoms with Crippen LogP contribution in [0, 0.1) is 0 Å². The molecule has 0 amide bonds. The molecule has 2 heteroatoms. The molecule has 0 aliphatic carbocycles. The molecule has 1 atom stereocenters. The Labute approximate surface area is 92.4 Å². The van der Waals surface area contributed by atoms with Gasteiger partial charge in [-0.1, -0.05) is 12.1 Å². The van der Waals surface area contributed by atoms with Crippen LogP contribution in [0.2, 0.25) is 0 Å². The number of nitrogens with zero attached hydrogens (tertiary/aromatic N) is 1. The highest BCUT2D eigenvalue weighted by atomic mass is 14.9. The lowest BCUT2D eigenvalue weighted by atomic mass is 10.0. The number of rotatable bonds is 7. The molecule has 0 radical (unpaired) electrons. The summed E-state index contributed by atoms with van der Waals surface area (Å²) in [5.41, 5.74) is 1.16. The summed E-state index contributed by atoms with van der Waals surface area (Å²) in [6, 6.07) is 6.60. The summed E-state index contributed by atoms with van der Waals surface area (Å²) < 4.78 is 0. The molecular weight excluding hydrogens is 184 g/mol. The monoisotopic (exact) mass is 204 g/mol. The molecule has 0 aromatic carbocycles. The minimum absolute atomic E-state index is 0.528. The second-order valence-corrected chi connectivity index (χ2v) is 3.73. The van der Waals surface area contributed by atoms with Gasteiger partial charge in [0.25, 0.3) is 0 Å². The van der Waals surface area contributed by atoms with E-state index in [1.165, 1.54) is 12.8 Å². The minimum atomic E-state index is 0.528. The summed E-state index contributed by atoms with van der Waals surface area (Å²) in [6.07, 6.45) is 8.31. The summed E-state index contributed by atoms with van der Waals surface area (Å²) in [5.74, 6) is 0. The van der Waals surface area contributed by atoms with Gasteiger partial charge in [0.2, 0.25) is 0 Å². The van der Waals surface area contributed by atoms with E-state index in [0.717, 1.165) is 18.5 Å². The first-order valence-corrected chi connectivity index (χ1v) is 5.55. The highest BCUT2D eigenvalue weighted by molar-refractivity contribution is 5.05. The number of likely N-dealkylation sites (N-methyl/N-ethyl adjacent to an activating group) is 1. The van der Waals surface area contributed by atoms with Crippen molar-refractivity contribution in [3.05, 3.63) is 42.7 Å². The lowest BCUT2D eigenvalue weighted by Crippen LogP contribution is -2.27. The van der Waals surface area contributed by atoms with E-state index >= 15 is 0 Å². The van der Waals surface area contributed by atoms with E-state index in [-0.39, 0.29) is 0 Å². The molecule has 0 aliphatic rings. The summed E-state index contributed by atoms with van der Waals surface area (Å²) >= 11 is 0. The Morgan fingerprint density at radius 3 is 3.00 bits per heavy atom. The van der Waals surface area contributed by atoms with Gasteiger partial charge in [0.05, 0.1) is 0 Å². The number of hydrogen-bond donors (Lipinski definition) is 1. The number of allylic oxidation sites excluding steroid dienone is 1. The molecule has 2 nitrogen and oxygen atoms in total. The van der Waals surface area contributed by atoms with Crippen LogP contribution in [0.25, 0.3) is 0 Å². The normalized spacial score (nSPS) is 12.3. The summed E-state index contributed by atoms with van der Waals surface area (Å²) in [5, 5.41) is 3.34. The maximum atomic E-state index is 4.33. The van der Waals surface area contributed by atoms with E-state index in [2.05, 4.69) is 22.9 Å². The summed E-state index contributed by atoms with van der Waals surface area (Å²) in [6.45, 7) is 3.73. The Morgan fingerprint density at radius 1 is 1.53 bits per heavy atom. The van der Waals surface area contributed by atoms with Crippen LogP contribution in [-0.2, 0) is 6.42 Å². The van der Waals surface area contributed by atoms with Gasteiger partial charge < -0.3 is 5.32 Å². The smallest absolute Gasteiger partial charge is 0.0419 e. The van der Waals surface area contributed by atoms with Crippen molar-refractivity contribution in [1.29, 1.82) is 0 Å². The van der Waals surface area contributed by atoms with Gasteiger partial charge in [-0.15, -0.1) is 6.58 Å². The zero-order valence-electron chi connectivity index (χ0n) is 9.45. The summed E-state index contributed by atoms with van der Waals surface area (Å²) in [7, 11) is 2.02. The van der Waals surface area contributed by atoms with Gasteiger partial charge in [-0.25, -0.2) is 0 Å². The predicted octanol–water partition coefficient (Wildman–Crippen LogP) is 2.57. The first kappa shape index (κ1) is 11.9. The lowest BCUT2D eigenvalue weighted by molar-refractivity contribution is 0.500. The number of nitrogens with one attached hydrogen (secondary N) is 1. The molecule has 0 spiro atoms. The van der Waals surface area contributed by atoms with E-state index < -0.39 is 0 Å². The van der Waals surface area contributed by atoms with E-state index in [0.29, 0.717) is 6.04 Å². The van der Waals surface area contributed by atoms with Crippen molar-refractivity contribution < 1.29 is 0 Å². The zero-order chi connectivity index (χ0) is 10.9. The van der Waals surface area contributed by atoms with Crippen LogP contribution in [-0.4, -0.2) is 18.1 Å². The van der Waals surface area contributed by atoms with Crippen molar-refractivity contribution in [2.45, 2.75) is 31.7 Å². The number of pyridine rings is 1. The van der Waals surface area contributed by atoms with Crippen LogP contribution >= 0.6 is 0 Å². The topological polar surface area (TPSA) is 24.9 Å². The lowest BCUT2D eigenvalue weighted by Gasteiger charge is -2.14. The van der Waals surface area contributed by atoms with E-state index in [1.54, 1.807) is 0 Å². The highest BCUT2D eigenvalue weighted by Crippen LogP contribution is 2.06. The Hall–Kier alpha value is -1.15. The average Bonchev–Trinajstić information content (AvgIpc) is 2.29. The van der Waals surface area contributed by atoms with Crippen LogP contribution in [0.3, 0.4) is 0 Å². The molecule has 1 rings (SSSR count). The molecule has 0 saturated heterocycles. The van der Waals surface area contributed by atoms with Gasteiger partial charge >= 0.3 is 0 Å². The first-order valence-electron chi connectivity index (χ1n) is 5.55. The van der Waals surface area contributed by atoms with Crippen LogP contribution in [0.1, 0.15) is 25.0 Å². The maximum absolute atomic E-state index is 4.33. The molecule has 0 saturated carbocycles. The second kappa shape index (κ2) is 7.18. The molecule has 1 N–H and O–H groups in total. The largest absolute Gasteiger partial charge is 0.317 e. The van der Waals surface area contributed by atoms with Crippen LogP contribution < -0.4 is 5.32 Å². The molecule has 0 bridgehead atoms. The highest BCUT2D eigenvalue weighted by Gasteiger charge is 2.06. The van der Waals surface area contributed by atoms with Crippen molar-refractivity contribution in [3.63, 3.8) is 0 Å². The Kier molecular flexibility index (Phi) is 5.71. The van der Waals surface area contributed by atoms with Gasteiger partial charge in [-0.2, -0.15) is 0 Å². The first-order chi connectivity index (χ1) is 7.36. The Morgan fingerprint density at radius 2 is 2.40 bits per heavy atom. The Bertz CT molecular complexity index is 269. The molecule has 15 heavy (non-hydrogen) atoms. The van der Waals surface area contributed by atoms with Crippen molar-refractivity contribution in [3.8, 4) is 0 Å². The molecule has 0 aliphatic heterocycles. The molecule has 0 fully saturated rings. The summed E-state index contributed by atoms with van der Waals surface area (Å²) in [4.78, 5) is 4.33. The fraction of sp³-hybridized carbons (Fsp3) is 0.462. The number of unbranched alkanes of at least 4 members (excludes halogenated alkanes) is 1. The van der Waals surface area contributed by atoms with Crippen LogP contribution in [0.5, 0.6) is 0 Å². The van der Waals surface area contributed by atoms with Crippen molar-refractivity contribution in [2.24, 2.45) is 0 Å². The average molecular weight is 204 g/mol. The second-order valence-electron chi connectivity index (χ2n) is 3.73. The zero-order valence-corrected chi connectivity index (χ0v) is 9.45. The third kappa shape index (κ3) is 4.75. The van der Waals surface area contributed by atoms with Crippen LogP contribution in [0.15, 0.2) is 37.1 Å². The fourth-order valence-corrected chi connectivity index (χ4v) is 1.63. The Balaban J connectivity index is 2.36. The van der Waals surface area contributed by atoms with Gasteiger partial charge in [-0.05, 0) is 38.4 Å². The van der Waals surface area contributed by atoms with Crippen molar-refractivity contribution >= 4 is 0 Å². The SMILES string of the molecule is C=CCCCC(Cc1ccccn1)NC. The van der Waals surface area contributed by atoms with E-state index in [9.17, 15) is 0 Å². The predicted molar refractivity (Wildman–Crippen MR) is 64.8 cm³/mol. The van der Waals surface area contributed by atoms with Crippen LogP contribution in [0.4, 0.5) is 0 Å². The standard InChI is InChI=1S/C13H20N2/c1-3-4-5-8-12(14-2)11-13-9-6-7-10-15-13/h3,6-7,9-10,12,14H,1,4-5,8,11H2,2H3. The minimum Gasteiger partial charge on any atom is -0.317 e. The number of aromatic nitrogens is 1. The van der Waals surface area contributed by atoms with Crippen molar-refractivity contribution in [1.82, 2.24) is 10.3 Å². The van der Waals surface area contributed by atoms with Gasteiger partial charge in [0.1, 0.15) is 0 Å². The molecule has 1 aromatic rings. The quantitative estimate of drug-likeness (QED) is 0.545. The molecule has 1 unspecified atom stereocenters. The fourth-order valence-electron chi connectivity index (χ4n) is 1.63. The molecular formula is C13H20N2. The van der Waals surface area contributed by atoms with E-state index in [1.807, 2.05) is 31.5 Å². The molecule has 1 aromatic heterocycles. The number of hydrogen-bond acceptors (Lipinski definition) is 2. The molecule has 82 valence electrons. The van der Waals surface area contributed by atoms with E-state index in [4.69, 9.17) is 0 Å². The molecule has 1 heterocycles. The third-order valence-electron chi connectivity index (χ3n) is 2.55. The van der Waals surface area contributed by atoms with Gasteiger partial charge in [0.15, 0.2) is 0 Å². The third-order valence-corrected chi connectivity index (χ3v) is 2.55. The van der Waals surface area contributed by atoms with Gasteiger partial charge in [0, 0.05) is 24.4 Å². The maximum Gasteiger partial charge on any atom is 0.0419 e.